The molecule has 27 heavy (non-hydrogen) atoms. The molecule has 0 aliphatic carbocycles. The molecule has 0 fully saturated rings. The topological polar surface area (TPSA) is 110 Å². The third kappa shape index (κ3) is 3.51. The number of carbonyl (C=O) groups excluding carboxylic acids is 2. The minimum Gasteiger partial charge on any atom is -0.493 e. The average molecular weight is 372 g/mol. The van der Waals surface area contributed by atoms with E-state index in [0.29, 0.717) is 28.3 Å². The number of hydrogen-bond donors (Lipinski definition) is 1. The molecule has 1 aliphatic heterocycles. The van der Waals surface area contributed by atoms with Gasteiger partial charge in [0.2, 0.25) is 0 Å². The van der Waals surface area contributed by atoms with Crippen molar-refractivity contribution in [2.75, 3.05) is 13.7 Å². The molecule has 1 amide bonds. The first-order valence-corrected chi connectivity index (χ1v) is 8.32. The highest BCUT2D eigenvalue weighted by Gasteiger charge is 2.32. The lowest BCUT2D eigenvalue weighted by Gasteiger charge is -2.26. The van der Waals surface area contributed by atoms with Crippen molar-refractivity contribution in [3.8, 4) is 17.2 Å². The molecule has 0 spiro atoms. The van der Waals surface area contributed by atoms with Crippen LogP contribution in [-0.2, 0) is 16.6 Å². The number of nitrogens with zero attached hydrogens (tertiary/aromatic N) is 1. The van der Waals surface area contributed by atoms with Gasteiger partial charge in [0.05, 0.1) is 19.1 Å². The Morgan fingerprint density at radius 2 is 2.04 bits per heavy atom. The molecule has 142 valence electrons. The third-order valence-electron chi connectivity index (χ3n) is 4.57. The number of amides is 1. The van der Waals surface area contributed by atoms with E-state index in [1.54, 1.807) is 38.2 Å². The number of aryl methyl sites for hydroxylation is 1. The van der Waals surface area contributed by atoms with Gasteiger partial charge in [-0.15, -0.1) is 0 Å². The predicted octanol–water partition coefficient (Wildman–Crippen LogP) is 1.01. The molecule has 2 aromatic rings. The fourth-order valence-electron chi connectivity index (χ4n) is 3.10. The fraction of sp³-hybridized carbons (Fsp3) is 0.316. The Hall–Kier alpha value is -3.29. The normalized spacial score (nSPS) is 15.7. The highest BCUT2D eigenvalue weighted by atomic mass is 16.5. The van der Waals surface area contributed by atoms with E-state index in [4.69, 9.17) is 19.9 Å². The summed E-state index contributed by atoms with van der Waals surface area (Å²) in [6.45, 7) is 1.49. The molecular weight excluding hydrogens is 352 g/mol. The van der Waals surface area contributed by atoms with Gasteiger partial charge in [-0.2, -0.15) is 0 Å². The largest absolute Gasteiger partial charge is 0.493 e. The minimum atomic E-state index is -0.607. The van der Waals surface area contributed by atoms with E-state index in [9.17, 15) is 14.4 Å². The first-order valence-electron chi connectivity index (χ1n) is 8.32. The average Bonchev–Trinajstić information content (AvgIpc) is 2.63. The summed E-state index contributed by atoms with van der Waals surface area (Å²) in [5.41, 5.74) is 6.71. The number of rotatable bonds is 5. The maximum atomic E-state index is 12.8. The summed E-state index contributed by atoms with van der Waals surface area (Å²) in [5.74, 6) is -0.490. The Bertz CT molecular complexity index is 979. The third-order valence-corrected chi connectivity index (χ3v) is 4.57. The van der Waals surface area contributed by atoms with Gasteiger partial charge in [-0.25, -0.2) is 0 Å². The van der Waals surface area contributed by atoms with Crippen molar-refractivity contribution in [2.24, 2.45) is 12.8 Å². The number of hydrogen-bond acceptors (Lipinski definition) is 6. The number of ether oxygens (including phenoxy) is 3. The van der Waals surface area contributed by atoms with Gasteiger partial charge in [-0.05, 0) is 24.6 Å². The number of primary amides is 1. The Morgan fingerprint density at radius 3 is 2.70 bits per heavy atom. The van der Waals surface area contributed by atoms with Crippen LogP contribution in [-0.4, -0.2) is 30.2 Å². The maximum Gasteiger partial charge on any atom is 0.312 e. The molecule has 1 aromatic carbocycles. The molecular formula is C19H20N2O6. The summed E-state index contributed by atoms with van der Waals surface area (Å²) >= 11 is 0. The summed E-state index contributed by atoms with van der Waals surface area (Å²) in [6.07, 6.45) is 0.0376. The zero-order valence-corrected chi connectivity index (χ0v) is 15.3. The second-order valence-electron chi connectivity index (χ2n) is 6.32. The monoisotopic (exact) mass is 372 g/mol. The maximum absolute atomic E-state index is 12.8. The Balaban J connectivity index is 2.07. The van der Waals surface area contributed by atoms with Gasteiger partial charge in [0.1, 0.15) is 5.75 Å². The number of benzene rings is 1. The van der Waals surface area contributed by atoms with Crippen LogP contribution in [0.2, 0.25) is 0 Å². The van der Waals surface area contributed by atoms with Crippen LogP contribution in [0.1, 0.15) is 29.2 Å². The van der Waals surface area contributed by atoms with Crippen LogP contribution in [0.5, 0.6) is 17.2 Å². The molecule has 0 unspecified atom stereocenters. The molecule has 0 bridgehead atoms. The molecule has 3 rings (SSSR count). The Morgan fingerprint density at radius 1 is 1.30 bits per heavy atom. The van der Waals surface area contributed by atoms with Crippen molar-refractivity contribution in [2.45, 2.75) is 19.3 Å². The van der Waals surface area contributed by atoms with Gasteiger partial charge >= 0.3 is 5.97 Å². The van der Waals surface area contributed by atoms with E-state index in [0.717, 1.165) is 0 Å². The number of methoxy groups -OCH3 is 1. The van der Waals surface area contributed by atoms with Gasteiger partial charge in [0.15, 0.2) is 18.1 Å². The molecule has 1 atom stereocenters. The smallest absolute Gasteiger partial charge is 0.312 e. The molecule has 0 saturated carbocycles. The van der Waals surface area contributed by atoms with Crippen molar-refractivity contribution < 1.29 is 23.8 Å². The van der Waals surface area contributed by atoms with E-state index < -0.39 is 17.8 Å². The van der Waals surface area contributed by atoms with Crippen LogP contribution in [0.25, 0.3) is 0 Å². The molecule has 8 heteroatoms. The molecule has 1 aromatic heterocycles. The predicted molar refractivity (Wildman–Crippen MR) is 96.2 cm³/mol. The van der Waals surface area contributed by atoms with Gasteiger partial charge in [0, 0.05) is 24.7 Å². The first kappa shape index (κ1) is 18.5. The van der Waals surface area contributed by atoms with E-state index >= 15 is 0 Å². The van der Waals surface area contributed by atoms with Gasteiger partial charge in [-0.3, -0.25) is 14.4 Å². The van der Waals surface area contributed by atoms with Gasteiger partial charge in [0.25, 0.3) is 11.5 Å². The number of esters is 1. The van der Waals surface area contributed by atoms with Crippen LogP contribution in [0.3, 0.4) is 0 Å². The highest BCUT2D eigenvalue weighted by molar-refractivity contribution is 5.78. The molecule has 2 heterocycles. The van der Waals surface area contributed by atoms with Crippen molar-refractivity contribution in [1.82, 2.24) is 4.57 Å². The number of nitrogens with two attached hydrogens (primary N) is 1. The quantitative estimate of drug-likeness (QED) is 0.785. The minimum absolute atomic E-state index is 0.0376. The van der Waals surface area contributed by atoms with Crippen molar-refractivity contribution in [1.29, 1.82) is 0 Å². The molecule has 8 nitrogen and oxygen atoms in total. The van der Waals surface area contributed by atoms with E-state index in [2.05, 4.69) is 0 Å². The molecule has 0 saturated heterocycles. The summed E-state index contributed by atoms with van der Waals surface area (Å²) in [6, 6.07) is 6.71. The summed E-state index contributed by atoms with van der Waals surface area (Å²) in [4.78, 5) is 35.8. The van der Waals surface area contributed by atoms with Gasteiger partial charge in [-0.1, -0.05) is 6.07 Å². The van der Waals surface area contributed by atoms with Crippen molar-refractivity contribution in [3.63, 3.8) is 0 Å². The second kappa shape index (κ2) is 7.14. The lowest BCUT2D eigenvalue weighted by molar-refractivity contribution is -0.135. The molecule has 1 aliphatic rings. The summed E-state index contributed by atoms with van der Waals surface area (Å²) < 4.78 is 17.5. The van der Waals surface area contributed by atoms with Crippen LogP contribution in [0.15, 0.2) is 29.1 Å². The highest BCUT2D eigenvalue weighted by Crippen LogP contribution is 2.39. The van der Waals surface area contributed by atoms with Crippen molar-refractivity contribution in [3.05, 3.63) is 51.4 Å². The SMILES string of the molecule is COc1cc([C@H]2CC(=O)Oc3cc(C)n(C)c(=O)c32)ccc1OCC(N)=O. The zero-order valence-electron chi connectivity index (χ0n) is 15.3. The summed E-state index contributed by atoms with van der Waals surface area (Å²) in [7, 11) is 3.13. The lowest BCUT2D eigenvalue weighted by atomic mass is 9.86. The Labute approximate surface area is 155 Å². The van der Waals surface area contributed by atoms with Crippen LogP contribution < -0.4 is 25.5 Å². The van der Waals surface area contributed by atoms with Gasteiger partial charge < -0.3 is 24.5 Å². The standard InChI is InChI=1S/C19H20N2O6/c1-10-6-15-18(19(24)21(10)2)12(8-17(23)27-15)11-4-5-13(14(7-11)25-3)26-9-16(20)22/h4-7,12H,8-9H2,1-3H3,(H2,20,22)/t12-/m1/s1. The summed E-state index contributed by atoms with van der Waals surface area (Å²) in [5, 5.41) is 0. The zero-order chi connectivity index (χ0) is 19.7. The second-order valence-corrected chi connectivity index (χ2v) is 6.32. The van der Waals surface area contributed by atoms with E-state index in [1.165, 1.54) is 11.7 Å². The number of pyridine rings is 1. The van der Waals surface area contributed by atoms with Crippen molar-refractivity contribution >= 4 is 11.9 Å². The number of aromatic nitrogens is 1. The van der Waals surface area contributed by atoms with Crippen LogP contribution in [0, 0.1) is 6.92 Å². The number of carbonyl (C=O) groups is 2. The van der Waals surface area contributed by atoms with Crippen LogP contribution in [0.4, 0.5) is 0 Å². The van der Waals surface area contributed by atoms with E-state index in [1.807, 2.05) is 0 Å². The molecule has 0 radical (unpaired) electrons. The lowest BCUT2D eigenvalue weighted by Crippen LogP contribution is -2.32. The number of fused-ring (bicyclic) bond motifs is 1. The van der Waals surface area contributed by atoms with E-state index in [-0.39, 0.29) is 24.3 Å². The van der Waals surface area contributed by atoms with Crippen LogP contribution >= 0.6 is 0 Å². The molecule has 2 N–H and O–H groups in total. The first-order chi connectivity index (χ1) is 12.8. The fourth-order valence-corrected chi connectivity index (χ4v) is 3.10. The Kier molecular flexibility index (Phi) is 4.89.